The van der Waals surface area contributed by atoms with Gasteiger partial charge < -0.3 is 9.88 Å². The number of carbonyl (C=O) groups is 1. The van der Waals surface area contributed by atoms with E-state index in [9.17, 15) is 13.2 Å². The highest BCUT2D eigenvalue weighted by atomic mass is 32.2. The van der Waals surface area contributed by atoms with Crippen molar-refractivity contribution in [2.24, 2.45) is 0 Å². The summed E-state index contributed by atoms with van der Waals surface area (Å²) in [5, 5.41) is 0.759. The van der Waals surface area contributed by atoms with Gasteiger partial charge in [0.1, 0.15) is 9.84 Å². The van der Waals surface area contributed by atoms with Crippen molar-refractivity contribution in [3.63, 3.8) is 0 Å². The lowest BCUT2D eigenvalue weighted by atomic mass is 10.1. The Hall–Kier alpha value is -1.82. The SMILES string of the molecule is CS(=O)(=O)C1CCN(C(=O)c2ccc3cc[nH]c3c2)CC1. The van der Waals surface area contributed by atoms with Crippen LogP contribution >= 0.6 is 0 Å². The molecule has 0 bridgehead atoms. The molecule has 6 heteroatoms. The predicted octanol–water partition coefficient (Wildman–Crippen LogP) is 1.82. The molecule has 1 aromatic carbocycles. The third-order valence-corrected chi connectivity index (χ3v) is 5.82. The highest BCUT2D eigenvalue weighted by Crippen LogP contribution is 2.20. The maximum atomic E-state index is 12.5. The van der Waals surface area contributed by atoms with Crippen molar-refractivity contribution in [3.05, 3.63) is 36.0 Å². The highest BCUT2D eigenvalue weighted by molar-refractivity contribution is 7.91. The Morgan fingerprint density at radius 2 is 1.95 bits per heavy atom. The van der Waals surface area contributed by atoms with Crippen LogP contribution in [0.25, 0.3) is 10.9 Å². The first-order valence-corrected chi connectivity index (χ1v) is 8.96. The zero-order valence-electron chi connectivity index (χ0n) is 11.9. The molecule has 0 spiro atoms. The maximum absolute atomic E-state index is 12.5. The summed E-state index contributed by atoms with van der Waals surface area (Å²) in [6.07, 6.45) is 4.16. The standard InChI is InChI=1S/C15H18N2O3S/c1-21(19,20)13-5-8-17(9-6-13)15(18)12-3-2-11-4-7-16-14(11)10-12/h2-4,7,10,13,16H,5-6,8-9H2,1H3. The van der Waals surface area contributed by atoms with Gasteiger partial charge in [-0.1, -0.05) is 6.07 Å². The molecule has 1 aromatic heterocycles. The van der Waals surface area contributed by atoms with E-state index in [1.165, 1.54) is 6.26 Å². The minimum absolute atomic E-state index is 0.0292. The van der Waals surface area contributed by atoms with Gasteiger partial charge in [0.25, 0.3) is 5.91 Å². The highest BCUT2D eigenvalue weighted by Gasteiger charge is 2.29. The lowest BCUT2D eigenvalue weighted by Gasteiger charge is -2.31. The average molecular weight is 306 g/mol. The van der Waals surface area contributed by atoms with Gasteiger partial charge in [-0.2, -0.15) is 0 Å². The monoisotopic (exact) mass is 306 g/mol. The topological polar surface area (TPSA) is 70.2 Å². The average Bonchev–Trinajstić information content (AvgIpc) is 2.93. The molecule has 2 aromatic rings. The molecule has 0 aliphatic carbocycles. The Kier molecular flexibility index (Phi) is 3.49. The smallest absolute Gasteiger partial charge is 0.253 e. The molecule has 1 aliphatic heterocycles. The van der Waals surface area contributed by atoms with Crippen molar-refractivity contribution in [2.75, 3.05) is 19.3 Å². The first-order valence-electron chi connectivity index (χ1n) is 7.00. The number of amides is 1. The van der Waals surface area contributed by atoms with Crippen LogP contribution in [0, 0.1) is 0 Å². The van der Waals surface area contributed by atoms with Crippen molar-refractivity contribution in [1.29, 1.82) is 0 Å². The summed E-state index contributed by atoms with van der Waals surface area (Å²) >= 11 is 0. The van der Waals surface area contributed by atoms with Gasteiger partial charge in [-0.25, -0.2) is 8.42 Å². The number of nitrogens with zero attached hydrogens (tertiary/aromatic N) is 1. The zero-order valence-corrected chi connectivity index (χ0v) is 12.7. The minimum atomic E-state index is -3.00. The van der Waals surface area contributed by atoms with Gasteiger partial charge in [0.2, 0.25) is 0 Å². The van der Waals surface area contributed by atoms with Crippen LogP contribution in [0.2, 0.25) is 0 Å². The number of hydrogen-bond donors (Lipinski definition) is 1. The number of sulfone groups is 1. The number of aromatic nitrogens is 1. The molecule has 1 N–H and O–H groups in total. The molecule has 1 amide bonds. The Bertz CT molecular complexity index is 771. The Balaban J connectivity index is 1.74. The molecule has 0 atom stereocenters. The van der Waals surface area contributed by atoms with Crippen LogP contribution < -0.4 is 0 Å². The second-order valence-corrected chi connectivity index (χ2v) is 7.93. The van der Waals surface area contributed by atoms with Crippen molar-refractivity contribution >= 4 is 26.6 Å². The van der Waals surface area contributed by atoms with Crippen molar-refractivity contribution < 1.29 is 13.2 Å². The largest absolute Gasteiger partial charge is 0.361 e. The van der Waals surface area contributed by atoms with Crippen molar-refractivity contribution in [3.8, 4) is 0 Å². The number of H-pyrrole nitrogens is 1. The first kappa shape index (κ1) is 14.1. The van der Waals surface area contributed by atoms with E-state index in [-0.39, 0.29) is 11.2 Å². The normalized spacial score (nSPS) is 17.3. The number of likely N-dealkylation sites (tertiary alicyclic amines) is 1. The van der Waals surface area contributed by atoms with Gasteiger partial charge in [0.15, 0.2) is 0 Å². The fourth-order valence-corrected chi connectivity index (χ4v) is 3.92. The number of fused-ring (bicyclic) bond motifs is 1. The molecule has 2 heterocycles. The van der Waals surface area contributed by atoms with E-state index < -0.39 is 9.84 Å². The minimum Gasteiger partial charge on any atom is -0.361 e. The summed E-state index contributed by atoms with van der Waals surface area (Å²) in [5.74, 6) is -0.0292. The van der Waals surface area contributed by atoms with E-state index in [1.54, 1.807) is 4.90 Å². The third kappa shape index (κ3) is 2.81. The molecule has 1 saturated heterocycles. The molecule has 0 radical (unpaired) electrons. The molecule has 0 saturated carbocycles. The van der Waals surface area contributed by atoms with Crippen molar-refractivity contribution in [1.82, 2.24) is 9.88 Å². The van der Waals surface area contributed by atoms with Crippen LogP contribution in [0.3, 0.4) is 0 Å². The number of aromatic amines is 1. The summed E-state index contributed by atoms with van der Waals surface area (Å²) in [5.41, 5.74) is 1.58. The molecular formula is C15H18N2O3S. The van der Waals surface area contributed by atoms with Crippen LogP contribution in [-0.4, -0.2) is 48.8 Å². The fourth-order valence-electron chi connectivity index (χ4n) is 2.85. The summed E-state index contributed by atoms with van der Waals surface area (Å²) in [4.78, 5) is 17.3. The van der Waals surface area contributed by atoms with E-state index in [4.69, 9.17) is 0 Å². The molecule has 112 valence electrons. The van der Waals surface area contributed by atoms with Crippen LogP contribution in [0.4, 0.5) is 0 Å². The second-order valence-electron chi connectivity index (χ2n) is 5.60. The summed E-state index contributed by atoms with van der Waals surface area (Å²) < 4.78 is 23.1. The first-order chi connectivity index (χ1) is 9.95. The molecule has 5 nitrogen and oxygen atoms in total. The van der Waals surface area contributed by atoms with Gasteiger partial charge in [-0.3, -0.25) is 4.79 Å². The lowest BCUT2D eigenvalue weighted by molar-refractivity contribution is 0.0726. The van der Waals surface area contributed by atoms with E-state index in [2.05, 4.69) is 4.98 Å². The second kappa shape index (κ2) is 5.18. The number of benzene rings is 1. The van der Waals surface area contributed by atoms with Gasteiger partial charge in [-0.15, -0.1) is 0 Å². The van der Waals surface area contributed by atoms with Crippen LogP contribution in [0.5, 0.6) is 0 Å². The molecular weight excluding hydrogens is 288 g/mol. The van der Waals surface area contributed by atoms with E-state index in [1.807, 2.05) is 30.5 Å². The number of piperidine rings is 1. The van der Waals surface area contributed by atoms with E-state index in [0.717, 1.165) is 10.9 Å². The number of rotatable bonds is 2. The van der Waals surface area contributed by atoms with Crippen molar-refractivity contribution in [2.45, 2.75) is 18.1 Å². The fraction of sp³-hybridized carbons (Fsp3) is 0.400. The number of nitrogens with one attached hydrogen (secondary N) is 1. The predicted molar refractivity (Wildman–Crippen MR) is 82.1 cm³/mol. The summed E-state index contributed by atoms with van der Waals surface area (Å²) in [6.45, 7) is 0.999. The molecule has 21 heavy (non-hydrogen) atoms. The summed E-state index contributed by atoms with van der Waals surface area (Å²) in [6, 6.07) is 7.55. The van der Waals surface area contributed by atoms with Gasteiger partial charge in [0, 0.05) is 36.6 Å². The van der Waals surface area contributed by atoms with Gasteiger partial charge in [-0.05, 0) is 36.4 Å². The Labute approximate surface area is 123 Å². The Morgan fingerprint density at radius 3 is 2.62 bits per heavy atom. The van der Waals surface area contributed by atoms with E-state index >= 15 is 0 Å². The molecule has 3 rings (SSSR count). The molecule has 0 unspecified atom stereocenters. The maximum Gasteiger partial charge on any atom is 0.253 e. The van der Waals surface area contributed by atoms with Gasteiger partial charge >= 0.3 is 0 Å². The van der Waals surface area contributed by atoms with Crippen LogP contribution in [0.15, 0.2) is 30.5 Å². The molecule has 1 fully saturated rings. The third-order valence-electron chi connectivity index (χ3n) is 4.14. The summed E-state index contributed by atoms with van der Waals surface area (Å²) in [7, 11) is -3.00. The molecule has 1 aliphatic rings. The Morgan fingerprint density at radius 1 is 1.24 bits per heavy atom. The van der Waals surface area contributed by atoms with E-state index in [0.29, 0.717) is 31.5 Å². The van der Waals surface area contributed by atoms with Gasteiger partial charge in [0.05, 0.1) is 5.25 Å². The zero-order chi connectivity index (χ0) is 15.0. The number of hydrogen-bond acceptors (Lipinski definition) is 3. The van der Waals surface area contributed by atoms with Crippen LogP contribution in [0.1, 0.15) is 23.2 Å². The number of carbonyl (C=O) groups excluding carboxylic acids is 1. The van der Waals surface area contributed by atoms with Crippen LogP contribution in [-0.2, 0) is 9.84 Å². The lowest BCUT2D eigenvalue weighted by Crippen LogP contribution is -2.42. The quantitative estimate of drug-likeness (QED) is 0.920.